The molecule has 44 heavy (non-hydrogen) atoms. The summed E-state index contributed by atoms with van der Waals surface area (Å²) in [5.41, 5.74) is 5.63. The van der Waals surface area contributed by atoms with Crippen LogP contribution < -0.4 is 15.0 Å². The molecule has 236 valence electrons. The van der Waals surface area contributed by atoms with Crippen LogP contribution in [0.25, 0.3) is 11.1 Å². The molecule has 2 aliphatic rings. The Morgan fingerprint density at radius 1 is 1.00 bits per heavy atom. The monoisotopic (exact) mass is 600 g/mol. The summed E-state index contributed by atoms with van der Waals surface area (Å²) in [4.78, 5) is 28.1. The fraction of sp³-hybridized carbons (Fsp3) is 0.528. The number of nitrogens with one attached hydrogen (secondary N) is 1. The second-order valence-corrected chi connectivity index (χ2v) is 12.9. The summed E-state index contributed by atoms with van der Waals surface area (Å²) in [6.45, 7) is 7.06. The molecule has 1 heterocycles. The van der Waals surface area contributed by atoms with E-state index in [0.717, 1.165) is 67.6 Å². The molecule has 1 N–H and O–H groups in total. The molecule has 8 heteroatoms. The molecule has 3 aromatic rings. The molecule has 5 rings (SSSR count). The van der Waals surface area contributed by atoms with Crippen molar-refractivity contribution in [3.63, 3.8) is 0 Å². The van der Waals surface area contributed by atoms with Crippen LogP contribution in [-0.4, -0.2) is 48.6 Å². The second-order valence-electron chi connectivity index (χ2n) is 12.9. The van der Waals surface area contributed by atoms with Crippen molar-refractivity contribution in [3.05, 3.63) is 66.0 Å². The number of aryl methyl sites for hydroxylation is 1. The van der Waals surface area contributed by atoms with E-state index in [1.165, 1.54) is 11.1 Å². The Hall–Kier alpha value is -3.81. The van der Waals surface area contributed by atoms with Crippen LogP contribution in [0, 0.1) is 18.8 Å². The SMILES string of the molecule is CNC(=O)O[C@H]1CC[C@H](C(=O)N(C[C@H]2CC[C@H](c3ccc(OC)c(C)c3)CC2)c2cccc(-c3cnn(C(C)C)c3)c2)CC1. The van der Waals surface area contributed by atoms with E-state index in [2.05, 4.69) is 84.7 Å². The van der Waals surface area contributed by atoms with Crippen molar-refractivity contribution in [2.75, 3.05) is 25.6 Å². The molecule has 2 aromatic carbocycles. The number of carbonyl (C=O) groups excluding carboxylic acids is 2. The van der Waals surface area contributed by atoms with E-state index in [9.17, 15) is 9.59 Å². The number of hydrogen-bond donors (Lipinski definition) is 1. The van der Waals surface area contributed by atoms with Crippen LogP contribution in [0.2, 0.25) is 0 Å². The minimum absolute atomic E-state index is 0.0782. The van der Waals surface area contributed by atoms with Gasteiger partial charge < -0.3 is 19.7 Å². The minimum atomic E-state index is -0.403. The molecular weight excluding hydrogens is 552 g/mol. The molecule has 0 bridgehead atoms. The highest BCUT2D eigenvalue weighted by Crippen LogP contribution is 2.39. The van der Waals surface area contributed by atoms with Gasteiger partial charge in [-0.05, 0) is 119 Å². The van der Waals surface area contributed by atoms with Crippen LogP contribution in [0.4, 0.5) is 10.5 Å². The highest BCUT2D eigenvalue weighted by atomic mass is 16.6. The first-order chi connectivity index (χ1) is 21.2. The van der Waals surface area contributed by atoms with E-state index < -0.39 is 6.09 Å². The lowest BCUT2D eigenvalue weighted by atomic mass is 9.78. The van der Waals surface area contributed by atoms with Crippen molar-refractivity contribution in [2.45, 2.75) is 90.2 Å². The van der Waals surface area contributed by atoms with Crippen molar-refractivity contribution in [3.8, 4) is 16.9 Å². The number of carbonyl (C=O) groups is 2. The van der Waals surface area contributed by atoms with Gasteiger partial charge in [0, 0.05) is 43.0 Å². The molecule has 8 nitrogen and oxygen atoms in total. The molecule has 2 aliphatic carbocycles. The Morgan fingerprint density at radius 3 is 2.39 bits per heavy atom. The molecule has 2 saturated carbocycles. The molecule has 0 unspecified atom stereocenters. The van der Waals surface area contributed by atoms with Crippen LogP contribution >= 0.6 is 0 Å². The molecule has 0 atom stereocenters. The summed E-state index contributed by atoms with van der Waals surface area (Å²) >= 11 is 0. The normalized spacial score (nSPS) is 22.0. The van der Waals surface area contributed by atoms with Gasteiger partial charge >= 0.3 is 6.09 Å². The number of ether oxygens (including phenoxy) is 2. The zero-order valence-electron chi connectivity index (χ0n) is 26.9. The van der Waals surface area contributed by atoms with E-state index in [1.807, 2.05) is 10.9 Å². The van der Waals surface area contributed by atoms with E-state index in [-0.39, 0.29) is 24.0 Å². The van der Waals surface area contributed by atoms with E-state index in [1.54, 1.807) is 14.2 Å². The number of anilines is 1. The lowest BCUT2D eigenvalue weighted by Gasteiger charge is -2.36. The van der Waals surface area contributed by atoms with Gasteiger partial charge in [-0.3, -0.25) is 9.48 Å². The number of benzene rings is 2. The third-order valence-electron chi connectivity index (χ3n) is 9.57. The van der Waals surface area contributed by atoms with Gasteiger partial charge in [0.25, 0.3) is 0 Å². The van der Waals surface area contributed by atoms with Crippen LogP contribution in [-0.2, 0) is 9.53 Å². The van der Waals surface area contributed by atoms with Crippen LogP contribution in [0.3, 0.4) is 0 Å². The van der Waals surface area contributed by atoms with Crippen molar-refractivity contribution in [2.24, 2.45) is 11.8 Å². The first kappa shape index (κ1) is 31.6. The van der Waals surface area contributed by atoms with Gasteiger partial charge in [-0.1, -0.05) is 24.3 Å². The number of alkyl carbamates (subject to hydrolysis) is 1. The van der Waals surface area contributed by atoms with Crippen molar-refractivity contribution in [1.29, 1.82) is 0 Å². The first-order valence-electron chi connectivity index (χ1n) is 16.2. The van der Waals surface area contributed by atoms with Crippen molar-refractivity contribution < 1.29 is 19.1 Å². The summed E-state index contributed by atoms with van der Waals surface area (Å²) in [5, 5.41) is 7.07. The Bertz CT molecular complexity index is 1420. The number of nitrogens with zero attached hydrogens (tertiary/aromatic N) is 3. The molecule has 1 aromatic heterocycles. The average Bonchev–Trinajstić information content (AvgIpc) is 3.55. The summed E-state index contributed by atoms with van der Waals surface area (Å²) < 4.78 is 12.9. The van der Waals surface area contributed by atoms with Crippen LogP contribution in [0.1, 0.15) is 88.3 Å². The highest BCUT2D eigenvalue weighted by molar-refractivity contribution is 5.95. The highest BCUT2D eigenvalue weighted by Gasteiger charge is 2.33. The molecule has 0 aliphatic heterocycles. The zero-order chi connectivity index (χ0) is 31.2. The van der Waals surface area contributed by atoms with Gasteiger partial charge in [0.15, 0.2) is 0 Å². The average molecular weight is 601 g/mol. The second kappa shape index (κ2) is 14.3. The fourth-order valence-corrected chi connectivity index (χ4v) is 6.90. The summed E-state index contributed by atoms with van der Waals surface area (Å²) in [6.07, 6.45) is 10.7. The maximum Gasteiger partial charge on any atom is 0.407 e. The van der Waals surface area contributed by atoms with Gasteiger partial charge in [-0.2, -0.15) is 5.10 Å². The van der Waals surface area contributed by atoms with Crippen molar-refractivity contribution in [1.82, 2.24) is 15.1 Å². The molecular formula is C36H48N4O4. The smallest absolute Gasteiger partial charge is 0.407 e. The maximum atomic E-state index is 14.3. The molecule has 0 spiro atoms. The predicted octanol–water partition coefficient (Wildman–Crippen LogP) is 7.67. The lowest BCUT2D eigenvalue weighted by molar-refractivity contribution is -0.124. The Labute approximate surface area is 262 Å². The Kier molecular flexibility index (Phi) is 10.3. The quantitative estimate of drug-likeness (QED) is 0.272. The first-order valence-corrected chi connectivity index (χ1v) is 16.2. The van der Waals surface area contributed by atoms with Gasteiger partial charge in [0.05, 0.1) is 13.3 Å². The Balaban J connectivity index is 1.32. The predicted molar refractivity (Wildman–Crippen MR) is 174 cm³/mol. The largest absolute Gasteiger partial charge is 0.496 e. The maximum absolute atomic E-state index is 14.3. The van der Waals surface area contributed by atoms with Gasteiger partial charge in [-0.25, -0.2) is 4.79 Å². The van der Waals surface area contributed by atoms with Gasteiger partial charge in [0.2, 0.25) is 5.91 Å². The van der Waals surface area contributed by atoms with E-state index in [4.69, 9.17) is 9.47 Å². The third kappa shape index (κ3) is 7.45. The van der Waals surface area contributed by atoms with Gasteiger partial charge in [0.1, 0.15) is 11.9 Å². The number of rotatable bonds is 9. The van der Waals surface area contributed by atoms with Crippen molar-refractivity contribution >= 4 is 17.7 Å². The Morgan fingerprint density at radius 2 is 1.75 bits per heavy atom. The molecule has 2 amide bonds. The number of amides is 2. The standard InChI is InChI=1S/C36H48N4O4/c1-24(2)40-23-31(21-38-40)29-7-6-8-32(20-29)39(35(41)28-13-16-33(17-14-28)44-36(42)37-4)22-26-9-11-27(12-10-26)30-15-18-34(43-5)25(3)19-30/h6-8,15,18-21,23-24,26-28,33H,9-14,16-17,22H2,1-5H3,(H,37,42)/t26-,27-,28-,33-. The zero-order valence-corrected chi connectivity index (χ0v) is 26.9. The van der Waals surface area contributed by atoms with E-state index in [0.29, 0.717) is 24.7 Å². The summed E-state index contributed by atoms with van der Waals surface area (Å²) in [7, 11) is 3.29. The summed E-state index contributed by atoms with van der Waals surface area (Å²) in [6, 6.07) is 15.2. The van der Waals surface area contributed by atoms with Crippen LogP contribution in [0.15, 0.2) is 54.9 Å². The summed E-state index contributed by atoms with van der Waals surface area (Å²) in [5.74, 6) is 2.02. The van der Waals surface area contributed by atoms with E-state index >= 15 is 0 Å². The van der Waals surface area contributed by atoms with Gasteiger partial charge in [-0.15, -0.1) is 0 Å². The third-order valence-corrected chi connectivity index (χ3v) is 9.57. The lowest BCUT2D eigenvalue weighted by Crippen LogP contribution is -2.42. The minimum Gasteiger partial charge on any atom is -0.496 e. The fourth-order valence-electron chi connectivity index (χ4n) is 6.90. The number of aromatic nitrogens is 2. The molecule has 0 radical (unpaired) electrons. The number of methoxy groups -OCH3 is 1. The topological polar surface area (TPSA) is 85.7 Å². The van der Waals surface area contributed by atoms with Crippen LogP contribution in [0.5, 0.6) is 5.75 Å². The molecule has 0 saturated heterocycles. The number of hydrogen-bond acceptors (Lipinski definition) is 5. The molecule has 2 fully saturated rings.